The van der Waals surface area contributed by atoms with Gasteiger partial charge in [0.25, 0.3) is 0 Å². The molecule has 4 rings (SSSR count). The van der Waals surface area contributed by atoms with Gasteiger partial charge < -0.3 is 9.84 Å². The number of rotatable bonds is 4. The van der Waals surface area contributed by atoms with Crippen molar-refractivity contribution in [3.8, 4) is 5.75 Å². The number of halogens is 2. The van der Waals surface area contributed by atoms with Crippen molar-refractivity contribution in [1.82, 2.24) is 0 Å². The van der Waals surface area contributed by atoms with Crippen molar-refractivity contribution in [3.63, 3.8) is 0 Å². The van der Waals surface area contributed by atoms with Gasteiger partial charge >= 0.3 is 0 Å². The summed E-state index contributed by atoms with van der Waals surface area (Å²) >= 11 is 10.00. The van der Waals surface area contributed by atoms with Crippen LogP contribution in [0.3, 0.4) is 0 Å². The number of carbonyl (C=O) groups excluding carboxylic acids is 1. The van der Waals surface area contributed by atoms with Crippen LogP contribution in [0.25, 0.3) is 5.57 Å². The number of hydrogen-bond acceptors (Lipinski definition) is 3. The molecule has 0 amide bonds. The molecule has 0 unspecified atom stereocenters. The number of carbonyl (C=O) groups is 1. The van der Waals surface area contributed by atoms with Gasteiger partial charge in [0.2, 0.25) is 0 Å². The summed E-state index contributed by atoms with van der Waals surface area (Å²) in [5.41, 5.74) is 5.22. The van der Waals surface area contributed by atoms with Crippen LogP contribution in [-0.4, -0.2) is 24.1 Å². The Balaban J connectivity index is 1.85. The Morgan fingerprint density at radius 1 is 1.30 bits per heavy atom. The molecule has 2 aliphatic carbocycles. The number of fused-ring (bicyclic) bond motifs is 3. The lowest BCUT2D eigenvalue weighted by Crippen LogP contribution is -2.30. The summed E-state index contributed by atoms with van der Waals surface area (Å²) in [5, 5.41) is 9.61. The molecule has 0 radical (unpaired) electrons. The van der Waals surface area contributed by atoms with E-state index in [1.165, 1.54) is 0 Å². The Labute approximate surface area is 172 Å². The van der Waals surface area contributed by atoms with Crippen molar-refractivity contribution in [2.75, 3.05) is 13.2 Å². The molecule has 0 aromatic heterocycles. The minimum Gasteiger partial charge on any atom is -0.492 e. The second kappa shape index (κ2) is 6.77. The van der Waals surface area contributed by atoms with Crippen LogP contribution in [0.4, 0.5) is 0 Å². The van der Waals surface area contributed by atoms with E-state index < -0.39 is 0 Å². The molecule has 5 heteroatoms. The summed E-state index contributed by atoms with van der Waals surface area (Å²) in [6, 6.07) is 9.65. The molecule has 0 saturated carbocycles. The molecule has 0 spiro atoms. The first-order valence-electron chi connectivity index (χ1n) is 9.00. The normalized spacial score (nSPS) is 16.9. The monoisotopic (exact) mass is 446 g/mol. The molecular formula is C22H20BrClO3. The molecule has 27 heavy (non-hydrogen) atoms. The average molecular weight is 448 g/mol. The Bertz CT molecular complexity index is 991. The predicted octanol–water partition coefficient (Wildman–Crippen LogP) is 5.35. The van der Waals surface area contributed by atoms with Crippen LogP contribution < -0.4 is 4.74 Å². The number of hydrogen-bond donors (Lipinski definition) is 1. The summed E-state index contributed by atoms with van der Waals surface area (Å²) in [6.45, 7) is 4.82. The van der Waals surface area contributed by atoms with Crippen molar-refractivity contribution < 1.29 is 14.6 Å². The van der Waals surface area contributed by atoms with Gasteiger partial charge in [-0.15, -0.1) is 0 Å². The van der Waals surface area contributed by atoms with Gasteiger partial charge in [-0.25, -0.2) is 0 Å². The molecule has 0 heterocycles. The van der Waals surface area contributed by atoms with Crippen molar-refractivity contribution in [2.24, 2.45) is 0 Å². The summed E-state index contributed by atoms with van der Waals surface area (Å²) in [4.78, 5) is 13.4. The standard InChI is InChI=1S/C22H20BrClO3/c1-22(2)14-11-18(27-8-4-7-25)16(23)10-13(14)21(26)20-15(22)9-12-5-3-6-17(24)19(12)20/h3,5-6,10-11,25H,4,7-9H2,1-2H3. The maximum Gasteiger partial charge on any atom is 0.194 e. The smallest absolute Gasteiger partial charge is 0.194 e. The van der Waals surface area contributed by atoms with Gasteiger partial charge in [-0.1, -0.05) is 37.6 Å². The molecule has 0 bridgehead atoms. The fourth-order valence-electron chi connectivity index (χ4n) is 4.12. The number of aliphatic hydroxyl groups excluding tert-OH is 1. The summed E-state index contributed by atoms with van der Waals surface area (Å²) in [5.74, 6) is 0.717. The first-order valence-corrected chi connectivity index (χ1v) is 10.2. The van der Waals surface area contributed by atoms with E-state index in [2.05, 4.69) is 29.8 Å². The first-order chi connectivity index (χ1) is 12.9. The second-order valence-electron chi connectivity index (χ2n) is 7.51. The Hall–Kier alpha value is -1.62. The maximum absolute atomic E-state index is 13.4. The first kappa shape index (κ1) is 18.7. The van der Waals surface area contributed by atoms with Crippen LogP contribution in [0.1, 0.15) is 47.3 Å². The number of Topliss-reactive ketones (excluding diaryl/α,β-unsaturated/α-hetero) is 1. The number of ketones is 1. The lowest BCUT2D eigenvalue weighted by atomic mass is 9.68. The molecule has 0 aliphatic heterocycles. The molecule has 1 N–H and O–H groups in total. The number of benzene rings is 2. The minimum atomic E-state index is -0.309. The van der Waals surface area contributed by atoms with E-state index in [9.17, 15) is 4.79 Å². The second-order valence-corrected chi connectivity index (χ2v) is 8.77. The number of allylic oxidation sites excluding steroid dienone is 2. The van der Waals surface area contributed by atoms with Crippen LogP contribution in [0.5, 0.6) is 5.75 Å². The van der Waals surface area contributed by atoms with Crippen LogP contribution in [0.15, 0.2) is 40.4 Å². The van der Waals surface area contributed by atoms with Gasteiger partial charge in [0, 0.05) is 40.2 Å². The minimum absolute atomic E-state index is 0.0220. The van der Waals surface area contributed by atoms with E-state index in [-0.39, 0.29) is 17.8 Å². The fourth-order valence-corrected chi connectivity index (χ4v) is 4.87. The van der Waals surface area contributed by atoms with Gasteiger partial charge in [0.1, 0.15) is 5.75 Å². The van der Waals surface area contributed by atoms with Gasteiger partial charge in [-0.2, -0.15) is 0 Å². The van der Waals surface area contributed by atoms with E-state index in [1.807, 2.05) is 30.3 Å². The van der Waals surface area contributed by atoms with Gasteiger partial charge in [0.05, 0.1) is 11.1 Å². The Kier molecular flexibility index (Phi) is 4.69. The van der Waals surface area contributed by atoms with Gasteiger partial charge in [-0.3, -0.25) is 4.79 Å². The fraction of sp³-hybridized carbons (Fsp3) is 0.318. The Morgan fingerprint density at radius 3 is 2.81 bits per heavy atom. The lowest BCUT2D eigenvalue weighted by Gasteiger charge is -2.35. The third-order valence-corrected chi connectivity index (χ3v) is 6.49. The maximum atomic E-state index is 13.4. The molecule has 2 aliphatic rings. The third kappa shape index (κ3) is 2.86. The molecule has 2 aromatic carbocycles. The summed E-state index contributed by atoms with van der Waals surface area (Å²) in [6.07, 6.45) is 1.30. The average Bonchev–Trinajstić information content (AvgIpc) is 3.03. The van der Waals surface area contributed by atoms with E-state index in [0.29, 0.717) is 29.4 Å². The zero-order valence-corrected chi connectivity index (χ0v) is 17.6. The molecule has 140 valence electrons. The highest BCUT2D eigenvalue weighted by atomic mass is 79.9. The highest BCUT2D eigenvalue weighted by Crippen LogP contribution is 2.52. The predicted molar refractivity (Wildman–Crippen MR) is 111 cm³/mol. The van der Waals surface area contributed by atoms with Crippen molar-refractivity contribution in [3.05, 3.63) is 67.7 Å². The number of ether oxygens (including phenoxy) is 1. The van der Waals surface area contributed by atoms with Crippen molar-refractivity contribution in [1.29, 1.82) is 0 Å². The van der Waals surface area contributed by atoms with Crippen LogP contribution >= 0.6 is 27.5 Å². The van der Waals surface area contributed by atoms with E-state index >= 15 is 0 Å². The van der Waals surface area contributed by atoms with E-state index in [4.69, 9.17) is 21.4 Å². The lowest BCUT2D eigenvalue weighted by molar-refractivity contribution is 0.105. The summed E-state index contributed by atoms with van der Waals surface area (Å²) < 4.78 is 6.55. The van der Waals surface area contributed by atoms with Crippen LogP contribution in [0.2, 0.25) is 5.02 Å². The highest BCUT2D eigenvalue weighted by Gasteiger charge is 2.43. The van der Waals surface area contributed by atoms with E-state index in [0.717, 1.165) is 38.7 Å². The molecule has 0 atom stereocenters. The molecule has 2 aromatic rings. The largest absolute Gasteiger partial charge is 0.492 e. The topological polar surface area (TPSA) is 46.5 Å². The molecule has 0 saturated heterocycles. The molecule has 0 fully saturated rings. The Morgan fingerprint density at radius 2 is 2.07 bits per heavy atom. The van der Waals surface area contributed by atoms with E-state index in [1.54, 1.807) is 0 Å². The van der Waals surface area contributed by atoms with Crippen molar-refractivity contribution >= 4 is 38.9 Å². The number of aliphatic hydroxyl groups is 1. The SMILES string of the molecule is CC1(C)C2=C(C(=O)c3cc(Br)c(OCCCO)cc31)c1c(Cl)cccc1C2. The quantitative estimate of drug-likeness (QED) is 0.643. The molecule has 3 nitrogen and oxygen atoms in total. The van der Waals surface area contributed by atoms with Crippen LogP contribution in [-0.2, 0) is 11.8 Å². The third-order valence-electron chi connectivity index (χ3n) is 5.55. The van der Waals surface area contributed by atoms with Crippen LogP contribution in [0, 0.1) is 0 Å². The van der Waals surface area contributed by atoms with Gasteiger partial charge in [0.15, 0.2) is 5.78 Å². The zero-order valence-electron chi connectivity index (χ0n) is 15.2. The zero-order chi connectivity index (χ0) is 19.3. The summed E-state index contributed by atoms with van der Waals surface area (Å²) in [7, 11) is 0. The molecular weight excluding hydrogens is 428 g/mol. The van der Waals surface area contributed by atoms with Gasteiger partial charge in [-0.05, 0) is 57.2 Å². The van der Waals surface area contributed by atoms with Crippen molar-refractivity contribution in [2.45, 2.75) is 32.1 Å². The highest BCUT2D eigenvalue weighted by molar-refractivity contribution is 9.10.